The summed E-state index contributed by atoms with van der Waals surface area (Å²) in [4.78, 5) is 21.2. The first-order chi connectivity index (χ1) is 10.5. The summed E-state index contributed by atoms with van der Waals surface area (Å²) in [6.45, 7) is 0. The van der Waals surface area contributed by atoms with Gasteiger partial charge in [-0.15, -0.1) is 0 Å². The van der Waals surface area contributed by atoms with Crippen molar-refractivity contribution in [3.63, 3.8) is 0 Å². The molecule has 0 spiro atoms. The number of carboxylic acid groups (broad SMARTS) is 1. The molecule has 0 heterocycles. The van der Waals surface area contributed by atoms with Crippen LogP contribution < -0.4 is 5.43 Å². The summed E-state index contributed by atoms with van der Waals surface area (Å²) < 4.78 is 0. The maximum Gasteiger partial charge on any atom is 0.337 e. The topological polar surface area (TPSA) is 105 Å². The van der Waals surface area contributed by atoms with Gasteiger partial charge in [0.1, 0.15) is 5.02 Å². The number of rotatable bonds is 5. The molecule has 2 aromatic carbocycles. The van der Waals surface area contributed by atoms with E-state index in [9.17, 15) is 14.9 Å². The number of hydrogen-bond donors (Lipinski definition) is 2. The number of para-hydroxylation sites is 1. The lowest BCUT2D eigenvalue weighted by atomic mass is 10.2. The number of anilines is 1. The molecule has 2 N–H and O–H groups in total. The van der Waals surface area contributed by atoms with Crippen molar-refractivity contribution in [2.24, 2.45) is 5.10 Å². The molecule has 0 aliphatic heterocycles. The molecule has 0 aliphatic rings. The first kappa shape index (κ1) is 15.5. The summed E-state index contributed by atoms with van der Waals surface area (Å²) in [6.07, 6.45) is 1.34. The lowest BCUT2D eigenvalue weighted by Crippen LogP contribution is -2.02. The zero-order valence-corrected chi connectivity index (χ0v) is 11.8. The fraction of sp³-hybridized carbons (Fsp3) is 0. The van der Waals surface area contributed by atoms with E-state index in [4.69, 9.17) is 16.7 Å². The molecular formula is C14H10ClN3O4. The van der Waals surface area contributed by atoms with E-state index in [0.717, 1.165) is 0 Å². The second kappa shape index (κ2) is 6.68. The third kappa shape index (κ3) is 3.58. The summed E-state index contributed by atoms with van der Waals surface area (Å²) in [5.41, 5.74) is 3.21. The fourth-order valence-corrected chi connectivity index (χ4v) is 1.88. The highest BCUT2D eigenvalue weighted by Crippen LogP contribution is 2.24. The first-order valence-electron chi connectivity index (χ1n) is 6.04. The lowest BCUT2D eigenvalue weighted by Gasteiger charge is -2.04. The maximum atomic E-state index is 11.0. The Balaban J connectivity index is 2.19. The summed E-state index contributed by atoms with van der Waals surface area (Å²) in [7, 11) is 0. The highest BCUT2D eigenvalue weighted by atomic mass is 35.5. The SMILES string of the molecule is O=C(O)c1ccccc1N/N=C/c1ccc(Cl)c([N+](=O)[O-])c1. The van der Waals surface area contributed by atoms with Crippen LogP contribution >= 0.6 is 11.6 Å². The molecule has 0 saturated carbocycles. The molecule has 0 aromatic heterocycles. The molecule has 0 saturated heterocycles. The van der Waals surface area contributed by atoms with Gasteiger partial charge in [-0.25, -0.2) is 4.79 Å². The Morgan fingerprint density at radius 3 is 2.73 bits per heavy atom. The Bertz CT molecular complexity index is 762. The van der Waals surface area contributed by atoms with E-state index in [2.05, 4.69) is 10.5 Å². The Morgan fingerprint density at radius 1 is 1.32 bits per heavy atom. The Kier molecular flexibility index (Phi) is 4.70. The van der Waals surface area contributed by atoms with Crippen LogP contribution in [-0.2, 0) is 0 Å². The average Bonchev–Trinajstić information content (AvgIpc) is 2.49. The van der Waals surface area contributed by atoms with E-state index in [1.807, 2.05) is 0 Å². The molecule has 2 aromatic rings. The standard InChI is InChI=1S/C14H10ClN3O4/c15-11-6-5-9(7-13(11)18(21)22)8-16-17-12-4-2-1-3-10(12)14(19)20/h1-8,17H,(H,19,20)/b16-8+. The Labute approximate surface area is 130 Å². The minimum Gasteiger partial charge on any atom is -0.478 e. The van der Waals surface area contributed by atoms with Gasteiger partial charge in [-0.1, -0.05) is 29.8 Å². The van der Waals surface area contributed by atoms with Crippen molar-refractivity contribution >= 4 is 35.2 Å². The number of hydrogen-bond acceptors (Lipinski definition) is 5. The second-order valence-electron chi connectivity index (χ2n) is 4.19. The number of nitrogens with zero attached hydrogens (tertiary/aromatic N) is 2. The molecule has 0 amide bonds. The van der Waals surface area contributed by atoms with Crippen LogP contribution in [0.25, 0.3) is 0 Å². The highest BCUT2D eigenvalue weighted by Gasteiger charge is 2.12. The van der Waals surface area contributed by atoms with Gasteiger partial charge in [-0.3, -0.25) is 15.5 Å². The summed E-state index contributed by atoms with van der Waals surface area (Å²) >= 11 is 5.71. The molecule has 0 atom stereocenters. The van der Waals surface area contributed by atoms with Crippen molar-refractivity contribution in [3.8, 4) is 0 Å². The highest BCUT2D eigenvalue weighted by molar-refractivity contribution is 6.32. The van der Waals surface area contributed by atoms with Gasteiger partial charge in [0.15, 0.2) is 0 Å². The zero-order valence-electron chi connectivity index (χ0n) is 11.1. The van der Waals surface area contributed by atoms with Gasteiger partial charge in [-0.05, 0) is 18.2 Å². The quantitative estimate of drug-likeness (QED) is 0.499. The molecule has 22 heavy (non-hydrogen) atoms. The minimum absolute atomic E-state index is 0.0336. The predicted molar refractivity (Wildman–Crippen MR) is 82.7 cm³/mol. The van der Waals surface area contributed by atoms with E-state index >= 15 is 0 Å². The molecule has 0 aliphatic carbocycles. The summed E-state index contributed by atoms with van der Waals surface area (Å²) in [6, 6.07) is 10.5. The zero-order chi connectivity index (χ0) is 16.1. The van der Waals surface area contributed by atoms with E-state index < -0.39 is 10.9 Å². The normalized spacial score (nSPS) is 10.6. The average molecular weight is 320 g/mol. The van der Waals surface area contributed by atoms with Crippen LogP contribution in [0.1, 0.15) is 15.9 Å². The van der Waals surface area contributed by atoms with Crippen molar-refractivity contribution in [2.75, 3.05) is 5.43 Å². The van der Waals surface area contributed by atoms with Gasteiger partial charge in [-0.2, -0.15) is 5.10 Å². The summed E-state index contributed by atoms with van der Waals surface area (Å²) in [5, 5.41) is 23.7. The number of nitrogens with one attached hydrogen (secondary N) is 1. The first-order valence-corrected chi connectivity index (χ1v) is 6.42. The van der Waals surface area contributed by atoms with E-state index in [0.29, 0.717) is 11.3 Å². The molecular weight excluding hydrogens is 310 g/mol. The molecule has 0 fully saturated rings. The van der Waals surface area contributed by atoms with Gasteiger partial charge >= 0.3 is 5.97 Å². The Morgan fingerprint density at radius 2 is 2.05 bits per heavy atom. The molecule has 112 valence electrons. The molecule has 0 bridgehead atoms. The monoisotopic (exact) mass is 319 g/mol. The van der Waals surface area contributed by atoms with Crippen molar-refractivity contribution in [3.05, 3.63) is 68.7 Å². The smallest absolute Gasteiger partial charge is 0.337 e. The molecule has 8 heteroatoms. The van der Waals surface area contributed by atoms with Crippen molar-refractivity contribution in [2.45, 2.75) is 0 Å². The third-order valence-corrected chi connectivity index (χ3v) is 3.04. The van der Waals surface area contributed by atoms with E-state index in [1.165, 1.54) is 24.4 Å². The van der Waals surface area contributed by atoms with Crippen LogP contribution in [0.3, 0.4) is 0 Å². The van der Waals surface area contributed by atoms with Crippen LogP contribution in [0.5, 0.6) is 0 Å². The molecule has 7 nitrogen and oxygen atoms in total. The molecule has 0 unspecified atom stereocenters. The van der Waals surface area contributed by atoms with Gasteiger partial charge in [0.25, 0.3) is 5.69 Å². The van der Waals surface area contributed by atoms with Gasteiger partial charge in [0, 0.05) is 11.6 Å². The van der Waals surface area contributed by atoms with E-state index in [-0.39, 0.29) is 16.3 Å². The van der Waals surface area contributed by atoms with Crippen LogP contribution in [0.4, 0.5) is 11.4 Å². The number of hydrazone groups is 1. The number of nitro groups is 1. The summed E-state index contributed by atoms with van der Waals surface area (Å²) in [5.74, 6) is -1.08. The Hall–Kier alpha value is -2.93. The lowest BCUT2D eigenvalue weighted by molar-refractivity contribution is -0.384. The third-order valence-electron chi connectivity index (χ3n) is 2.72. The van der Waals surface area contributed by atoms with Crippen LogP contribution in [-0.4, -0.2) is 22.2 Å². The van der Waals surface area contributed by atoms with E-state index in [1.54, 1.807) is 24.3 Å². The second-order valence-corrected chi connectivity index (χ2v) is 4.60. The van der Waals surface area contributed by atoms with Gasteiger partial charge < -0.3 is 5.11 Å². The predicted octanol–water partition coefficient (Wildman–Crippen LogP) is 3.39. The number of halogens is 1. The van der Waals surface area contributed by atoms with Crippen LogP contribution in [0.15, 0.2) is 47.6 Å². The van der Waals surface area contributed by atoms with Crippen molar-refractivity contribution in [1.82, 2.24) is 0 Å². The van der Waals surface area contributed by atoms with Gasteiger partial charge in [0.2, 0.25) is 0 Å². The van der Waals surface area contributed by atoms with Crippen LogP contribution in [0.2, 0.25) is 5.02 Å². The van der Waals surface area contributed by atoms with Gasteiger partial charge in [0.05, 0.1) is 22.4 Å². The number of carboxylic acids is 1. The maximum absolute atomic E-state index is 11.0. The largest absolute Gasteiger partial charge is 0.478 e. The number of nitro benzene ring substituents is 1. The number of carbonyl (C=O) groups is 1. The number of aromatic carboxylic acids is 1. The molecule has 0 radical (unpaired) electrons. The van der Waals surface area contributed by atoms with Crippen molar-refractivity contribution < 1.29 is 14.8 Å². The van der Waals surface area contributed by atoms with Crippen molar-refractivity contribution in [1.29, 1.82) is 0 Å². The minimum atomic E-state index is -1.08. The number of benzene rings is 2. The fourth-order valence-electron chi connectivity index (χ4n) is 1.69. The molecule has 2 rings (SSSR count). The van der Waals surface area contributed by atoms with Crippen LogP contribution in [0, 0.1) is 10.1 Å².